The van der Waals surface area contributed by atoms with E-state index in [1.165, 1.54) is 13.2 Å². The zero-order valence-corrected chi connectivity index (χ0v) is 18.6. The first-order valence-corrected chi connectivity index (χ1v) is 10.7. The van der Waals surface area contributed by atoms with Crippen LogP contribution in [0.3, 0.4) is 0 Å². The van der Waals surface area contributed by atoms with Crippen LogP contribution >= 0.6 is 0 Å². The second-order valence-electron chi connectivity index (χ2n) is 8.76. The number of hydrogen-bond donors (Lipinski definition) is 2. The molecule has 0 radical (unpaired) electrons. The van der Waals surface area contributed by atoms with Crippen LogP contribution in [-0.2, 0) is 15.9 Å². The van der Waals surface area contributed by atoms with Crippen LogP contribution in [0.25, 0.3) is 0 Å². The highest BCUT2D eigenvalue weighted by Crippen LogP contribution is 2.18. The van der Waals surface area contributed by atoms with E-state index in [0.717, 1.165) is 63.9 Å². The lowest BCUT2D eigenvalue weighted by atomic mass is 10.0. The Morgan fingerprint density at radius 3 is 2.73 bits per heavy atom. The number of nitrogens with one attached hydrogen (secondary N) is 1. The number of nitrogens with zero attached hydrogens (tertiary/aromatic N) is 2. The lowest BCUT2D eigenvalue weighted by Crippen LogP contribution is -2.49. The molecule has 1 aliphatic heterocycles. The normalized spacial score (nSPS) is 17.4. The van der Waals surface area contributed by atoms with Gasteiger partial charge in [-0.3, -0.25) is 0 Å². The van der Waals surface area contributed by atoms with Crippen molar-refractivity contribution in [2.45, 2.75) is 70.9 Å². The summed E-state index contributed by atoms with van der Waals surface area (Å²) in [7, 11) is 1.27. The van der Waals surface area contributed by atoms with E-state index in [9.17, 15) is 14.7 Å². The van der Waals surface area contributed by atoms with Gasteiger partial charge in [0.25, 0.3) is 0 Å². The van der Waals surface area contributed by atoms with Crippen molar-refractivity contribution < 1.29 is 24.2 Å². The molecule has 2 heterocycles. The number of hydrogen-bond acceptors (Lipinski definition) is 7. The van der Waals surface area contributed by atoms with E-state index < -0.39 is 11.6 Å². The Balaban J connectivity index is 1.68. The SMILES string of the molecule is COC(=O)c1nc(CCCCCN2CCCC(NC(=O)OC(C)(C)C)C2)ccc1O. The predicted octanol–water partition coefficient (Wildman–Crippen LogP) is 3.28. The van der Waals surface area contributed by atoms with E-state index in [2.05, 4.69) is 19.9 Å². The second kappa shape index (κ2) is 11.2. The van der Waals surface area contributed by atoms with Crippen LogP contribution in [0, 0.1) is 0 Å². The number of carbonyl (C=O) groups excluding carboxylic acids is 2. The number of rotatable bonds is 8. The Kier molecular flexibility index (Phi) is 8.89. The Hall–Kier alpha value is -2.35. The molecule has 0 bridgehead atoms. The lowest BCUT2D eigenvalue weighted by molar-refractivity contribution is 0.0471. The van der Waals surface area contributed by atoms with Gasteiger partial charge in [-0.1, -0.05) is 6.42 Å². The molecule has 2 N–H and O–H groups in total. The van der Waals surface area contributed by atoms with Crippen LogP contribution < -0.4 is 5.32 Å². The minimum Gasteiger partial charge on any atom is -0.505 e. The van der Waals surface area contributed by atoms with Gasteiger partial charge >= 0.3 is 12.1 Å². The van der Waals surface area contributed by atoms with Gasteiger partial charge in [0.2, 0.25) is 0 Å². The summed E-state index contributed by atoms with van der Waals surface area (Å²) in [5, 5.41) is 12.7. The molecule has 1 atom stereocenters. The zero-order chi connectivity index (χ0) is 22.1. The molecule has 2 rings (SSSR count). The number of alkyl carbamates (subject to hydrolysis) is 1. The molecule has 1 fully saturated rings. The number of esters is 1. The van der Waals surface area contributed by atoms with Crippen molar-refractivity contribution in [3.63, 3.8) is 0 Å². The van der Waals surface area contributed by atoms with Gasteiger partial charge in [0.1, 0.15) is 11.4 Å². The number of piperidine rings is 1. The number of amides is 1. The maximum absolute atomic E-state index is 12.0. The first-order valence-electron chi connectivity index (χ1n) is 10.7. The van der Waals surface area contributed by atoms with Crippen molar-refractivity contribution in [2.75, 3.05) is 26.7 Å². The summed E-state index contributed by atoms with van der Waals surface area (Å²) in [6.07, 6.45) is 5.48. The molecular formula is C22H35N3O5. The van der Waals surface area contributed by atoms with Crippen LogP contribution in [0.1, 0.15) is 69.1 Å². The van der Waals surface area contributed by atoms with Crippen molar-refractivity contribution in [3.05, 3.63) is 23.5 Å². The third-order valence-electron chi connectivity index (χ3n) is 4.94. The van der Waals surface area contributed by atoms with Crippen molar-refractivity contribution >= 4 is 12.1 Å². The first kappa shape index (κ1) is 23.9. The number of methoxy groups -OCH3 is 1. The summed E-state index contributed by atoms with van der Waals surface area (Å²) in [5.41, 5.74) is 0.252. The van der Waals surface area contributed by atoms with Crippen molar-refractivity contribution in [2.24, 2.45) is 0 Å². The number of likely N-dealkylation sites (tertiary alicyclic amines) is 1. The molecule has 8 nitrogen and oxygen atoms in total. The van der Waals surface area contributed by atoms with Crippen LogP contribution in [0.5, 0.6) is 5.75 Å². The van der Waals surface area contributed by atoms with Crippen LogP contribution in [0.2, 0.25) is 0 Å². The highest BCUT2D eigenvalue weighted by molar-refractivity contribution is 5.90. The highest BCUT2D eigenvalue weighted by Gasteiger charge is 2.23. The van der Waals surface area contributed by atoms with Crippen LogP contribution in [0.4, 0.5) is 4.79 Å². The molecule has 1 aliphatic rings. The number of aromatic hydroxyl groups is 1. The standard InChI is InChI=1S/C22H35N3O5/c1-22(2,3)30-21(28)24-17-10-8-14-25(15-17)13-7-5-6-9-16-11-12-18(26)19(23-16)20(27)29-4/h11-12,17,26H,5-10,13-15H2,1-4H3,(H,24,28). The number of ether oxygens (including phenoxy) is 2. The molecule has 0 spiro atoms. The van der Waals surface area contributed by atoms with E-state index in [-0.39, 0.29) is 23.6 Å². The van der Waals surface area contributed by atoms with E-state index in [1.54, 1.807) is 6.07 Å². The Morgan fingerprint density at radius 1 is 1.27 bits per heavy atom. The molecule has 1 aromatic rings. The van der Waals surface area contributed by atoms with Crippen molar-refractivity contribution in [3.8, 4) is 5.75 Å². The fourth-order valence-electron chi connectivity index (χ4n) is 3.55. The summed E-state index contributed by atoms with van der Waals surface area (Å²) < 4.78 is 9.99. The van der Waals surface area contributed by atoms with Gasteiger partial charge in [-0.15, -0.1) is 0 Å². The highest BCUT2D eigenvalue weighted by atomic mass is 16.6. The topological polar surface area (TPSA) is 101 Å². The van der Waals surface area contributed by atoms with Gasteiger partial charge in [-0.25, -0.2) is 14.6 Å². The molecule has 0 aromatic carbocycles. The first-order chi connectivity index (χ1) is 14.2. The predicted molar refractivity (Wildman–Crippen MR) is 114 cm³/mol. The van der Waals surface area contributed by atoms with Crippen LogP contribution in [0.15, 0.2) is 12.1 Å². The van der Waals surface area contributed by atoms with Crippen molar-refractivity contribution in [1.29, 1.82) is 0 Å². The Bertz CT molecular complexity index is 717. The van der Waals surface area contributed by atoms with E-state index >= 15 is 0 Å². The molecule has 30 heavy (non-hydrogen) atoms. The third kappa shape index (κ3) is 8.18. The molecule has 168 valence electrons. The average Bonchev–Trinajstić information content (AvgIpc) is 2.67. The largest absolute Gasteiger partial charge is 0.505 e. The fourth-order valence-corrected chi connectivity index (χ4v) is 3.55. The van der Waals surface area contributed by atoms with E-state index in [1.807, 2.05) is 20.8 Å². The van der Waals surface area contributed by atoms with Gasteiger partial charge < -0.3 is 24.8 Å². The quantitative estimate of drug-likeness (QED) is 0.491. The third-order valence-corrected chi connectivity index (χ3v) is 4.94. The Morgan fingerprint density at radius 2 is 2.03 bits per heavy atom. The van der Waals surface area contributed by atoms with Gasteiger partial charge in [0.05, 0.1) is 7.11 Å². The minimum atomic E-state index is -0.631. The molecule has 1 amide bonds. The molecule has 1 aromatic heterocycles. The minimum absolute atomic E-state index is 0.0353. The summed E-state index contributed by atoms with van der Waals surface area (Å²) in [4.78, 5) is 30.2. The maximum atomic E-state index is 12.0. The molecule has 1 saturated heterocycles. The zero-order valence-electron chi connectivity index (χ0n) is 18.6. The maximum Gasteiger partial charge on any atom is 0.407 e. The van der Waals surface area contributed by atoms with E-state index in [0.29, 0.717) is 0 Å². The summed E-state index contributed by atoms with van der Waals surface area (Å²) in [5.74, 6) is -0.792. The second-order valence-corrected chi connectivity index (χ2v) is 8.76. The van der Waals surface area contributed by atoms with Gasteiger partial charge in [-0.2, -0.15) is 0 Å². The van der Waals surface area contributed by atoms with Crippen LogP contribution in [-0.4, -0.2) is 65.4 Å². The summed E-state index contributed by atoms with van der Waals surface area (Å²) >= 11 is 0. The smallest absolute Gasteiger partial charge is 0.407 e. The Labute approximate surface area is 179 Å². The van der Waals surface area contributed by atoms with Gasteiger partial charge in [0.15, 0.2) is 5.69 Å². The molecular weight excluding hydrogens is 386 g/mol. The average molecular weight is 422 g/mol. The number of pyridine rings is 1. The molecule has 0 saturated carbocycles. The fraction of sp³-hybridized carbons (Fsp3) is 0.682. The summed E-state index contributed by atoms with van der Waals surface area (Å²) in [6, 6.07) is 3.35. The lowest BCUT2D eigenvalue weighted by Gasteiger charge is -2.33. The van der Waals surface area contributed by atoms with Gasteiger partial charge in [0, 0.05) is 18.3 Å². The van der Waals surface area contributed by atoms with E-state index in [4.69, 9.17) is 4.74 Å². The monoisotopic (exact) mass is 421 g/mol. The van der Waals surface area contributed by atoms with Gasteiger partial charge in [-0.05, 0) is 78.1 Å². The number of aromatic nitrogens is 1. The van der Waals surface area contributed by atoms with Crippen molar-refractivity contribution in [1.82, 2.24) is 15.2 Å². The number of carbonyl (C=O) groups is 2. The summed E-state index contributed by atoms with van der Waals surface area (Å²) in [6.45, 7) is 8.48. The number of aryl methyl sites for hydroxylation is 1. The number of unbranched alkanes of at least 4 members (excludes halogenated alkanes) is 2. The molecule has 1 unspecified atom stereocenters. The molecule has 0 aliphatic carbocycles. The molecule has 8 heteroatoms.